The minimum absolute atomic E-state index is 0.123. The molecule has 1 N–H and O–H groups in total. The third-order valence-electron chi connectivity index (χ3n) is 5.16. The van der Waals surface area contributed by atoms with Crippen LogP contribution in [0, 0.1) is 5.82 Å². The molecule has 1 amide bonds. The lowest BCUT2D eigenvalue weighted by molar-refractivity contribution is 0.0637. The highest BCUT2D eigenvalue weighted by Crippen LogP contribution is 2.20. The Morgan fingerprint density at radius 1 is 1.03 bits per heavy atom. The molecule has 1 fully saturated rings. The first-order valence-electron chi connectivity index (χ1n) is 9.65. The molecule has 0 unspecified atom stereocenters. The van der Waals surface area contributed by atoms with E-state index in [1.165, 1.54) is 18.2 Å². The van der Waals surface area contributed by atoms with Crippen molar-refractivity contribution < 1.29 is 13.6 Å². The van der Waals surface area contributed by atoms with Crippen LogP contribution >= 0.6 is 0 Å². The number of benzene rings is 2. The fraction of sp³-hybridized carbons (Fsp3) is 0.273. The average molecular weight is 395 g/mol. The van der Waals surface area contributed by atoms with Crippen molar-refractivity contribution in [1.29, 1.82) is 0 Å². The van der Waals surface area contributed by atoms with E-state index in [0.29, 0.717) is 25.2 Å². The van der Waals surface area contributed by atoms with Gasteiger partial charge in [0.25, 0.3) is 5.91 Å². The van der Waals surface area contributed by atoms with Crippen LogP contribution < -0.4 is 10.9 Å². The second-order valence-corrected chi connectivity index (χ2v) is 7.02. The van der Waals surface area contributed by atoms with Gasteiger partial charge in [0.15, 0.2) is 0 Å². The average Bonchev–Trinajstić information content (AvgIpc) is 2.74. The van der Waals surface area contributed by atoms with Crippen molar-refractivity contribution in [1.82, 2.24) is 9.80 Å². The molecule has 1 aromatic heterocycles. The van der Waals surface area contributed by atoms with Crippen molar-refractivity contribution >= 4 is 22.6 Å². The van der Waals surface area contributed by atoms with Crippen LogP contribution in [0.5, 0.6) is 0 Å². The lowest BCUT2D eigenvalue weighted by Crippen LogP contribution is -2.49. The fourth-order valence-electron chi connectivity index (χ4n) is 3.59. The number of piperazine rings is 1. The Bertz CT molecular complexity index is 1070. The molecular weight excluding hydrogens is 373 g/mol. The molecule has 0 bridgehead atoms. The molecule has 2 heterocycles. The predicted octanol–water partition coefficient (Wildman–Crippen LogP) is 2.80. The van der Waals surface area contributed by atoms with Crippen molar-refractivity contribution in [3.8, 4) is 0 Å². The van der Waals surface area contributed by atoms with E-state index in [9.17, 15) is 14.0 Å². The Labute approximate surface area is 167 Å². The zero-order valence-electron chi connectivity index (χ0n) is 15.9. The molecule has 7 heteroatoms. The molecule has 29 heavy (non-hydrogen) atoms. The van der Waals surface area contributed by atoms with Gasteiger partial charge in [-0.05, 0) is 24.3 Å². The van der Waals surface area contributed by atoms with Crippen LogP contribution in [0.15, 0.2) is 63.8 Å². The Kier molecular flexibility index (Phi) is 5.57. The van der Waals surface area contributed by atoms with Gasteiger partial charge in [-0.25, -0.2) is 9.18 Å². The van der Waals surface area contributed by atoms with Crippen LogP contribution in [0.3, 0.4) is 0 Å². The summed E-state index contributed by atoms with van der Waals surface area (Å²) in [5.74, 6) is -0.743. The maximum Gasteiger partial charge on any atom is 0.338 e. The molecule has 1 saturated heterocycles. The largest absolute Gasteiger partial charge is 0.423 e. The van der Waals surface area contributed by atoms with E-state index in [2.05, 4.69) is 10.2 Å². The monoisotopic (exact) mass is 395 g/mol. The van der Waals surface area contributed by atoms with Gasteiger partial charge in [0.2, 0.25) is 0 Å². The van der Waals surface area contributed by atoms with E-state index >= 15 is 0 Å². The topological polar surface area (TPSA) is 65.8 Å². The van der Waals surface area contributed by atoms with E-state index in [0.717, 1.165) is 30.7 Å². The van der Waals surface area contributed by atoms with Gasteiger partial charge < -0.3 is 14.6 Å². The summed E-state index contributed by atoms with van der Waals surface area (Å²) in [7, 11) is 0. The molecule has 0 spiro atoms. The number of halogens is 1. The number of rotatable bonds is 5. The number of nitrogens with one attached hydrogen (secondary N) is 1. The van der Waals surface area contributed by atoms with E-state index in [-0.39, 0.29) is 17.1 Å². The van der Waals surface area contributed by atoms with Crippen molar-refractivity contribution in [3.05, 3.63) is 76.4 Å². The van der Waals surface area contributed by atoms with Gasteiger partial charge in [-0.3, -0.25) is 9.69 Å². The normalized spacial score (nSPS) is 14.9. The second kappa shape index (κ2) is 8.45. The van der Waals surface area contributed by atoms with Gasteiger partial charge >= 0.3 is 5.63 Å². The molecule has 1 aliphatic heterocycles. The standard InChI is InChI=1S/C22H22FN3O3/c23-18-7-3-1-5-16(18)22(28)26-13-11-25(12-14-26)10-9-24-19-15-21(27)29-20-8-4-2-6-17(19)20/h1-8,15,24H,9-14H2. The number of carbonyl (C=O) groups excluding carboxylic acids is 1. The maximum atomic E-state index is 13.8. The van der Waals surface area contributed by atoms with Crippen molar-refractivity contribution in [3.63, 3.8) is 0 Å². The quantitative estimate of drug-likeness (QED) is 0.673. The number of fused-ring (bicyclic) bond motifs is 1. The van der Waals surface area contributed by atoms with Crippen LogP contribution in [-0.2, 0) is 0 Å². The van der Waals surface area contributed by atoms with E-state index in [1.54, 1.807) is 23.1 Å². The van der Waals surface area contributed by atoms with Gasteiger partial charge in [0.1, 0.15) is 11.4 Å². The summed E-state index contributed by atoms with van der Waals surface area (Å²) in [5.41, 5.74) is 1.05. The highest BCUT2D eigenvalue weighted by molar-refractivity contribution is 5.94. The number of nitrogens with zero attached hydrogens (tertiary/aromatic N) is 2. The summed E-state index contributed by atoms with van der Waals surface area (Å²) >= 11 is 0. The first-order chi connectivity index (χ1) is 14.1. The molecule has 0 radical (unpaired) electrons. The molecular formula is C22H22FN3O3. The Morgan fingerprint density at radius 2 is 1.76 bits per heavy atom. The van der Waals surface area contributed by atoms with Gasteiger partial charge in [-0.15, -0.1) is 0 Å². The molecule has 0 saturated carbocycles. The first kappa shape index (κ1) is 19.1. The maximum absolute atomic E-state index is 13.8. The first-order valence-corrected chi connectivity index (χ1v) is 9.65. The Morgan fingerprint density at radius 3 is 2.55 bits per heavy atom. The second-order valence-electron chi connectivity index (χ2n) is 7.02. The summed E-state index contributed by atoms with van der Waals surface area (Å²) in [4.78, 5) is 28.2. The lowest BCUT2D eigenvalue weighted by atomic mass is 10.1. The zero-order chi connectivity index (χ0) is 20.2. The van der Waals surface area contributed by atoms with Crippen LogP contribution in [0.1, 0.15) is 10.4 Å². The smallest absolute Gasteiger partial charge is 0.338 e. The SMILES string of the molecule is O=C(c1ccccc1F)N1CCN(CCNc2cc(=O)oc3ccccc23)CC1. The molecule has 4 rings (SSSR count). The Hall–Kier alpha value is -3.19. The summed E-state index contributed by atoms with van der Waals surface area (Å²) in [6.07, 6.45) is 0. The van der Waals surface area contributed by atoms with E-state index < -0.39 is 5.82 Å². The number of hydrogen-bond donors (Lipinski definition) is 1. The number of para-hydroxylation sites is 1. The van der Waals surface area contributed by atoms with Crippen molar-refractivity contribution in [2.24, 2.45) is 0 Å². The minimum atomic E-state index is -0.483. The molecule has 0 aliphatic carbocycles. The van der Waals surface area contributed by atoms with E-state index in [4.69, 9.17) is 4.42 Å². The van der Waals surface area contributed by atoms with Gasteiger partial charge in [-0.1, -0.05) is 24.3 Å². The van der Waals surface area contributed by atoms with Crippen LogP contribution in [-0.4, -0.2) is 55.0 Å². The lowest BCUT2D eigenvalue weighted by Gasteiger charge is -2.34. The molecule has 6 nitrogen and oxygen atoms in total. The third kappa shape index (κ3) is 4.30. The van der Waals surface area contributed by atoms with Gasteiger partial charge in [0, 0.05) is 50.7 Å². The number of anilines is 1. The fourth-order valence-corrected chi connectivity index (χ4v) is 3.59. The number of amides is 1. The summed E-state index contributed by atoms with van der Waals surface area (Å²) in [5, 5.41) is 4.18. The van der Waals surface area contributed by atoms with Crippen molar-refractivity contribution in [2.45, 2.75) is 0 Å². The molecule has 0 atom stereocenters. The molecule has 3 aromatic rings. The summed E-state index contributed by atoms with van der Waals surface area (Å²) in [6, 6.07) is 15.0. The summed E-state index contributed by atoms with van der Waals surface area (Å²) in [6.45, 7) is 4.00. The zero-order valence-corrected chi connectivity index (χ0v) is 15.9. The number of carbonyl (C=O) groups is 1. The van der Waals surface area contributed by atoms with Gasteiger partial charge in [-0.2, -0.15) is 0 Å². The highest BCUT2D eigenvalue weighted by atomic mass is 19.1. The minimum Gasteiger partial charge on any atom is -0.423 e. The molecule has 150 valence electrons. The summed E-state index contributed by atoms with van der Waals surface area (Å²) < 4.78 is 19.1. The highest BCUT2D eigenvalue weighted by Gasteiger charge is 2.23. The van der Waals surface area contributed by atoms with Gasteiger partial charge in [0.05, 0.1) is 11.3 Å². The predicted molar refractivity (Wildman–Crippen MR) is 110 cm³/mol. The van der Waals surface area contributed by atoms with Crippen molar-refractivity contribution in [2.75, 3.05) is 44.6 Å². The third-order valence-corrected chi connectivity index (χ3v) is 5.16. The molecule has 2 aromatic carbocycles. The van der Waals surface area contributed by atoms with Crippen LogP contribution in [0.25, 0.3) is 11.0 Å². The number of hydrogen-bond acceptors (Lipinski definition) is 5. The molecule has 1 aliphatic rings. The van der Waals surface area contributed by atoms with Crippen LogP contribution in [0.4, 0.5) is 10.1 Å². The Balaban J connectivity index is 1.30. The van der Waals surface area contributed by atoms with Crippen LogP contribution in [0.2, 0.25) is 0 Å². The van der Waals surface area contributed by atoms with E-state index in [1.807, 2.05) is 18.2 Å².